The van der Waals surface area contributed by atoms with Crippen molar-refractivity contribution in [2.45, 2.75) is 114 Å². The third kappa shape index (κ3) is 11.8. The minimum Gasteiger partial charge on any atom is -0.507 e. The number of rotatable bonds is 18. The largest absolute Gasteiger partial charge is 0.507 e. The Kier molecular flexibility index (Phi) is 15.8. The van der Waals surface area contributed by atoms with E-state index in [0.29, 0.717) is 52.4 Å². The maximum atomic E-state index is 15.6. The van der Waals surface area contributed by atoms with Crippen LogP contribution in [0.25, 0.3) is 17.2 Å². The Hall–Kier alpha value is -8.45. The standard InChI is InChI=1S/C73H73O8P/c1-14-53-23-27-55(28-24-53)43-76-59-31-32-65(67(41-59)82(75)66-22-18-16-20-63(66)62-19-15-17-21-64(62)81-82)77-44-56-29-25-54(26-30-56)42-72(10,11)80-71-51(8)39-61(40-52(71)9)79-70-49(6)35-58(36-50(70)7)73(12,13)57-33-47(4)69(48(5)34-57)78-60-37-45(2)68(74)46(3)38-60/h14-41,74H,1,42-44H2,2-13H3. The molecule has 418 valence electrons. The Morgan fingerprint density at radius 2 is 0.976 bits per heavy atom. The van der Waals surface area contributed by atoms with Crippen molar-refractivity contribution in [3.8, 4) is 62.9 Å². The molecule has 0 spiro atoms. The fourth-order valence-electron chi connectivity index (χ4n) is 11.1. The lowest BCUT2D eigenvalue weighted by Crippen LogP contribution is -2.31. The van der Waals surface area contributed by atoms with Crippen LogP contribution >= 0.6 is 7.37 Å². The molecule has 1 atom stereocenters. The van der Waals surface area contributed by atoms with Gasteiger partial charge in [0.25, 0.3) is 0 Å². The van der Waals surface area contributed by atoms with E-state index in [2.05, 4.69) is 136 Å². The van der Waals surface area contributed by atoms with E-state index in [0.717, 1.165) is 101 Å². The van der Waals surface area contributed by atoms with Crippen molar-refractivity contribution < 1.29 is 37.9 Å². The summed E-state index contributed by atoms with van der Waals surface area (Å²) >= 11 is 0. The number of fused-ring (bicyclic) bond motifs is 3. The van der Waals surface area contributed by atoms with Crippen molar-refractivity contribution in [3.63, 3.8) is 0 Å². The minimum atomic E-state index is -3.74. The molecular formula is C73H73O8P. The highest BCUT2D eigenvalue weighted by Crippen LogP contribution is 2.56. The smallest absolute Gasteiger partial charge is 0.311 e. The number of aromatic hydroxyl groups is 1. The van der Waals surface area contributed by atoms with Crippen LogP contribution in [0, 0.1) is 55.4 Å². The molecule has 1 N–H and O–H groups in total. The van der Waals surface area contributed by atoms with Crippen LogP contribution in [0.5, 0.6) is 51.7 Å². The van der Waals surface area contributed by atoms with Crippen LogP contribution < -0.4 is 38.8 Å². The molecular weight excluding hydrogens is 1040 g/mol. The molecule has 0 fully saturated rings. The van der Waals surface area contributed by atoms with Crippen LogP contribution in [0.1, 0.15) is 106 Å². The molecule has 0 saturated carbocycles. The fourth-order valence-corrected chi connectivity index (χ4v) is 13.5. The van der Waals surface area contributed by atoms with Crippen molar-refractivity contribution in [1.29, 1.82) is 0 Å². The summed E-state index contributed by atoms with van der Waals surface area (Å²) in [6.45, 7) is 29.5. The molecule has 9 aromatic rings. The molecule has 1 aliphatic heterocycles. The molecule has 0 aliphatic carbocycles. The van der Waals surface area contributed by atoms with E-state index in [4.69, 9.17) is 28.2 Å². The molecule has 1 unspecified atom stereocenters. The van der Waals surface area contributed by atoms with E-state index in [1.165, 1.54) is 11.1 Å². The van der Waals surface area contributed by atoms with E-state index >= 15 is 4.57 Å². The summed E-state index contributed by atoms with van der Waals surface area (Å²) < 4.78 is 55.1. The predicted molar refractivity (Wildman–Crippen MR) is 333 cm³/mol. The van der Waals surface area contributed by atoms with Crippen molar-refractivity contribution in [1.82, 2.24) is 0 Å². The van der Waals surface area contributed by atoms with Gasteiger partial charge in [-0.15, -0.1) is 0 Å². The number of phenols is 1. The van der Waals surface area contributed by atoms with Crippen LogP contribution in [-0.2, 0) is 29.6 Å². The summed E-state index contributed by atoms with van der Waals surface area (Å²) in [6.07, 6.45) is 2.47. The number of hydrogen-bond acceptors (Lipinski definition) is 8. The van der Waals surface area contributed by atoms with Crippen molar-refractivity contribution in [2.75, 3.05) is 0 Å². The van der Waals surface area contributed by atoms with Crippen LogP contribution in [-0.4, -0.2) is 10.7 Å². The number of benzene rings is 9. The zero-order chi connectivity index (χ0) is 58.3. The third-order valence-corrected chi connectivity index (χ3v) is 18.1. The average molecular weight is 1110 g/mol. The summed E-state index contributed by atoms with van der Waals surface area (Å²) in [7, 11) is -3.74. The van der Waals surface area contributed by atoms with Crippen LogP contribution in [0.15, 0.2) is 170 Å². The molecule has 9 aromatic carbocycles. The van der Waals surface area contributed by atoms with E-state index < -0.39 is 13.0 Å². The molecule has 1 heterocycles. The second kappa shape index (κ2) is 22.8. The van der Waals surface area contributed by atoms with Gasteiger partial charge in [0.05, 0.1) is 10.6 Å². The molecule has 10 rings (SSSR count). The molecule has 0 bridgehead atoms. The highest BCUT2D eigenvalue weighted by atomic mass is 31.2. The van der Waals surface area contributed by atoms with Crippen LogP contribution in [0.2, 0.25) is 0 Å². The number of aryl methyl sites for hydroxylation is 8. The first kappa shape index (κ1) is 56.8. The monoisotopic (exact) mass is 1110 g/mol. The SMILES string of the molecule is C=Cc1ccc(COc2ccc(OCc3ccc(CC(C)(C)Oc4c(C)cc(Oc5c(C)cc(C(C)(C)c6cc(C)c(Oc7cc(C)c(O)c(C)c7)c(C)c6)cc5C)cc4C)cc3)c(P3(=O)Oc4ccccc4-c4ccccc43)c2)cc1. The van der Waals surface area contributed by atoms with E-state index in [1.54, 1.807) is 6.07 Å². The lowest BCUT2D eigenvalue weighted by Gasteiger charge is -2.30. The first-order chi connectivity index (χ1) is 39.1. The summed E-state index contributed by atoms with van der Waals surface area (Å²) in [6, 6.07) is 54.1. The van der Waals surface area contributed by atoms with Gasteiger partial charge in [-0.3, -0.25) is 4.57 Å². The molecule has 0 radical (unpaired) electrons. The van der Waals surface area contributed by atoms with Gasteiger partial charge >= 0.3 is 7.37 Å². The summed E-state index contributed by atoms with van der Waals surface area (Å²) in [5.41, 5.74) is 15.1. The quantitative estimate of drug-likeness (QED) is 0.0850. The normalized spacial score (nSPS) is 13.8. The first-order valence-corrected chi connectivity index (χ1v) is 29.6. The number of phenolic OH excluding ortho intramolecular Hbond substituents is 1. The van der Waals surface area contributed by atoms with Gasteiger partial charge in [-0.1, -0.05) is 136 Å². The van der Waals surface area contributed by atoms with Gasteiger partial charge in [0, 0.05) is 17.4 Å². The van der Waals surface area contributed by atoms with Gasteiger partial charge in [0.2, 0.25) is 0 Å². The number of hydrogen-bond donors (Lipinski definition) is 1. The molecule has 82 heavy (non-hydrogen) atoms. The van der Waals surface area contributed by atoms with Gasteiger partial charge in [-0.25, -0.2) is 0 Å². The Morgan fingerprint density at radius 1 is 0.500 bits per heavy atom. The number of para-hydroxylation sites is 1. The second-order valence-corrected chi connectivity index (χ2v) is 25.4. The van der Waals surface area contributed by atoms with Gasteiger partial charge in [-0.05, 0) is 207 Å². The van der Waals surface area contributed by atoms with Crippen LogP contribution in [0.3, 0.4) is 0 Å². The molecule has 8 nitrogen and oxygen atoms in total. The van der Waals surface area contributed by atoms with E-state index in [9.17, 15) is 5.11 Å². The average Bonchev–Trinajstić information content (AvgIpc) is 2.86. The van der Waals surface area contributed by atoms with Crippen molar-refractivity contribution in [3.05, 3.63) is 248 Å². The van der Waals surface area contributed by atoms with Gasteiger partial charge in [0.15, 0.2) is 0 Å². The van der Waals surface area contributed by atoms with Gasteiger partial charge in [0.1, 0.15) is 70.6 Å². The van der Waals surface area contributed by atoms with Crippen molar-refractivity contribution >= 4 is 24.1 Å². The van der Waals surface area contributed by atoms with Crippen molar-refractivity contribution in [2.24, 2.45) is 0 Å². The topological polar surface area (TPSA) is 92.7 Å². The zero-order valence-corrected chi connectivity index (χ0v) is 50.1. The Bertz CT molecular complexity index is 3850. The van der Waals surface area contributed by atoms with E-state index in [1.807, 2.05) is 117 Å². The molecule has 0 aromatic heterocycles. The highest BCUT2D eigenvalue weighted by Gasteiger charge is 2.40. The maximum Gasteiger partial charge on any atom is 0.311 e. The Morgan fingerprint density at radius 3 is 1.54 bits per heavy atom. The summed E-state index contributed by atoms with van der Waals surface area (Å²) in [5.74, 6) is 5.84. The summed E-state index contributed by atoms with van der Waals surface area (Å²) in [4.78, 5) is 0. The second-order valence-electron chi connectivity index (χ2n) is 23.2. The number of ether oxygens (including phenoxy) is 5. The predicted octanol–water partition coefficient (Wildman–Crippen LogP) is 18.3. The zero-order valence-electron chi connectivity index (χ0n) is 49.2. The maximum absolute atomic E-state index is 15.6. The van der Waals surface area contributed by atoms with Crippen LogP contribution in [0.4, 0.5) is 0 Å². The van der Waals surface area contributed by atoms with E-state index in [-0.39, 0.29) is 12.0 Å². The molecule has 1 aliphatic rings. The molecule has 0 saturated heterocycles. The molecule has 9 heteroatoms. The first-order valence-electron chi connectivity index (χ1n) is 28.0. The lowest BCUT2D eigenvalue weighted by molar-refractivity contribution is 0.108. The van der Waals surface area contributed by atoms with Gasteiger partial charge < -0.3 is 33.3 Å². The third-order valence-electron chi connectivity index (χ3n) is 15.6. The molecule has 0 amide bonds. The summed E-state index contributed by atoms with van der Waals surface area (Å²) in [5, 5.41) is 11.4. The lowest BCUT2D eigenvalue weighted by atomic mass is 9.76. The Balaban J connectivity index is 0.807. The fraction of sp³-hybridized carbons (Fsp3) is 0.233. The van der Waals surface area contributed by atoms with Gasteiger partial charge in [-0.2, -0.15) is 0 Å². The Labute approximate surface area is 484 Å². The minimum absolute atomic E-state index is 0.240. The highest BCUT2D eigenvalue weighted by molar-refractivity contribution is 7.75.